The predicted octanol–water partition coefficient (Wildman–Crippen LogP) is 3.00. The monoisotopic (exact) mass is 288 g/mol. The summed E-state index contributed by atoms with van der Waals surface area (Å²) in [5, 5.41) is 3.54. The van der Waals surface area contributed by atoms with Crippen molar-refractivity contribution in [1.82, 2.24) is 10.2 Å². The summed E-state index contributed by atoms with van der Waals surface area (Å²) in [6.07, 6.45) is 6.26. The zero-order valence-corrected chi connectivity index (χ0v) is 13.2. The minimum absolute atomic E-state index is 0.299. The average Bonchev–Trinajstić information content (AvgIpc) is 2.54. The zero-order chi connectivity index (χ0) is 14.9. The Morgan fingerprint density at radius 3 is 2.76 bits per heavy atom. The van der Waals surface area contributed by atoms with Crippen molar-refractivity contribution in [2.75, 3.05) is 19.6 Å². The number of carbonyl (C=O) groups is 1. The summed E-state index contributed by atoms with van der Waals surface area (Å²) in [5.74, 6) is 0.299. The molecule has 2 rings (SSSR count). The van der Waals surface area contributed by atoms with E-state index < -0.39 is 0 Å². The molecule has 1 fully saturated rings. The van der Waals surface area contributed by atoms with Gasteiger partial charge < -0.3 is 10.2 Å². The van der Waals surface area contributed by atoms with E-state index in [1.807, 2.05) is 18.2 Å². The third kappa shape index (κ3) is 5.50. The molecule has 1 unspecified atom stereocenters. The Labute approximate surface area is 128 Å². The highest BCUT2D eigenvalue weighted by atomic mass is 16.2. The van der Waals surface area contributed by atoms with Gasteiger partial charge in [0.1, 0.15) is 0 Å². The number of amides is 1. The van der Waals surface area contributed by atoms with Crippen LogP contribution < -0.4 is 5.32 Å². The number of rotatable bonds is 7. The minimum Gasteiger partial charge on any atom is -0.341 e. The summed E-state index contributed by atoms with van der Waals surface area (Å²) < 4.78 is 0. The van der Waals surface area contributed by atoms with Gasteiger partial charge in [0.2, 0.25) is 5.91 Å². The summed E-state index contributed by atoms with van der Waals surface area (Å²) in [6.45, 7) is 5.00. The van der Waals surface area contributed by atoms with E-state index in [4.69, 9.17) is 0 Å². The Morgan fingerprint density at radius 2 is 2.10 bits per heavy atom. The van der Waals surface area contributed by atoms with Gasteiger partial charge in [0.25, 0.3) is 0 Å². The maximum absolute atomic E-state index is 12.5. The molecule has 3 nitrogen and oxygen atoms in total. The highest BCUT2D eigenvalue weighted by molar-refractivity contribution is 5.76. The molecule has 1 amide bonds. The van der Waals surface area contributed by atoms with Gasteiger partial charge in [-0.05, 0) is 37.8 Å². The summed E-state index contributed by atoms with van der Waals surface area (Å²) in [6, 6.07) is 10.8. The molecule has 3 heteroatoms. The summed E-state index contributed by atoms with van der Waals surface area (Å²) in [4.78, 5) is 14.5. The van der Waals surface area contributed by atoms with E-state index in [9.17, 15) is 4.79 Å². The van der Waals surface area contributed by atoms with Gasteiger partial charge in [-0.15, -0.1) is 0 Å². The number of aryl methyl sites for hydroxylation is 1. The number of hydrogen-bond donors (Lipinski definition) is 1. The van der Waals surface area contributed by atoms with Crippen LogP contribution in [0.25, 0.3) is 0 Å². The van der Waals surface area contributed by atoms with E-state index in [2.05, 4.69) is 29.3 Å². The number of nitrogens with one attached hydrogen (secondary N) is 1. The Kier molecular flexibility index (Phi) is 6.74. The fourth-order valence-corrected chi connectivity index (χ4v) is 2.99. The lowest BCUT2D eigenvalue weighted by Gasteiger charge is -2.30. The first kappa shape index (κ1) is 16.0. The molecule has 1 atom stereocenters. The Morgan fingerprint density at radius 1 is 1.29 bits per heavy atom. The van der Waals surface area contributed by atoms with E-state index >= 15 is 0 Å². The molecule has 0 spiro atoms. The lowest BCUT2D eigenvalue weighted by atomic mass is 10.0. The number of hydrogen-bond acceptors (Lipinski definition) is 2. The SMILES string of the molecule is CCCN(CC1CCCCN1)C(=O)CCc1ccccc1. The fraction of sp³-hybridized carbons (Fsp3) is 0.611. The lowest BCUT2D eigenvalue weighted by Crippen LogP contribution is -2.46. The molecule has 21 heavy (non-hydrogen) atoms. The van der Waals surface area contributed by atoms with Crippen LogP contribution in [0.15, 0.2) is 30.3 Å². The molecule has 1 aliphatic heterocycles. The molecular formula is C18H28N2O. The molecule has 116 valence electrons. The van der Waals surface area contributed by atoms with Gasteiger partial charge >= 0.3 is 0 Å². The molecule has 1 aromatic rings. The minimum atomic E-state index is 0.299. The van der Waals surface area contributed by atoms with Crippen molar-refractivity contribution in [2.45, 2.75) is 51.5 Å². The van der Waals surface area contributed by atoms with E-state index in [1.165, 1.54) is 24.8 Å². The molecule has 1 heterocycles. The Hall–Kier alpha value is -1.35. The highest BCUT2D eigenvalue weighted by Gasteiger charge is 2.19. The largest absolute Gasteiger partial charge is 0.341 e. The summed E-state index contributed by atoms with van der Waals surface area (Å²) in [7, 11) is 0. The molecule has 1 saturated heterocycles. The first-order valence-electron chi connectivity index (χ1n) is 8.34. The summed E-state index contributed by atoms with van der Waals surface area (Å²) in [5.41, 5.74) is 1.25. The van der Waals surface area contributed by atoms with Crippen LogP contribution in [-0.4, -0.2) is 36.5 Å². The van der Waals surface area contributed by atoms with Crippen LogP contribution in [0.3, 0.4) is 0 Å². The van der Waals surface area contributed by atoms with Crippen LogP contribution in [0.1, 0.15) is 44.6 Å². The van der Waals surface area contributed by atoms with Crippen molar-refractivity contribution < 1.29 is 4.79 Å². The van der Waals surface area contributed by atoms with Gasteiger partial charge in [-0.25, -0.2) is 0 Å². The van der Waals surface area contributed by atoms with Gasteiger partial charge in [0, 0.05) is 25.6 Å². The molecule has 0 radical (unpaired) electrons. The maximum Gasteiger partial charge on any atom is 0.222 e. The van der Waals surface area contributed by atoms with E-state index in [1.54, 1.807) is 0 Å². The molecule has 1 aromatic carbocycles. The van der Waals surface area contributed by atoms with Crippen LogP contribution in [-0.2, 0) is 11.2 Å². The van der Waals surface area contributed by atoms with Gasteiger partial charge in [-0.1, -0.05) is 43.7 Å². The quantitative estimate of drug-likeness (QED) is 0.836. The Balaban J connectivity index is 1.82. The van der Waals surface area contributed by atoms with Gasteiger partial charge in [-0.3, -0.25) is 4.79 Å². The van der Waals surface area contributed by atoms with Gasteiger partial charge in [0.15, 0.2) is 0 Å². The van der Waals surface area contributed by atoms with E-state index in [0.717, 1.165) is 32.5 Å². The van der Waals surface area contributed by atoms with Crippen LogP contribution in [0.2, 0.25) is 0 Å². The van der Waals surface area contributed by atoms with Gasteiger partial charge in [-0.2, -0.15) is 0 Å². The molecule has 1 aliphatic rings. The second-order valence-electron chi connectivity index (χ2n) is 5.97. The molecular weight excluding hydrogens is 260 g/mol. The van der Waals surface area contributed by atoms with E-state index in [0.29, 0.717) is 18.4 Å². The van der Waals surface area contributed by atoms with Crippen molar-refractivity contribution in [3.8, 4) is 0 Å². The molecule has 1 N–H and O–H groups in total. The van der Waals surface area contributed by atoms with Crippen LogP contribution in [0, 0.1) is 0 Å². The topological polar surface area (TPSA) is 32.3 Å². The number of piperidine rings is 1. The molecule has 0 bridgehead atoms. The Bertz CT molecular complexity index is 412. The summed E-state index contributed by atoms with van der Waals surface area (Å²) >= 11 is 0. The highest BCUT2D eigenvalue weighted by Crippen LogP contribution is 2.11. The average molecular weight is 288 g/mol. The van der Waals surface area contributed by atoms with Crippen molar-refractivity contribution >= 4 is 5.91 Å². The number of benzene rings is 1. The van der Waals surface area contributed by atoms with Crippen molar-refractivity contribution in [1.29, 1.82) is 0 Å². The first-order chi connectivity index (χ1) is 10.3. The molecule has 0 aliphatic carbocycles. The van der Waals surface area contributed by atoms with Crippen molar-refractivity contribution in [2.24, 2.45) is 0 Å². The smallest absolute Gasteiger partial charge is 0.222 e. The van der Waals surface area contributed by atoms with Crippen molar-refractivity contribution in [3.63, 3.8) is 0 Å². The maximum atomic E-state index is 12.5. The van der Waals surface area contributed by atoms with Crippen LogP contribution in [0.5, 0.6) is 0 Å². The van der Waals surface area contributed by atoms with Crippen LogP contribution in [0.4, 0.5) is 0 Å². The van der Waals surface area contributed by atoms with Crippen LogP contribution >= 0.6 is 0 Å². The first-order valence-corrected chi connectivity index (χ1v) is 8.34. The van der Waals surface area contributed by atoms with E-state index in [-0.39, 0.29) is 0 Å². The predicted molar refractivity (Wildman–Crippen MR) is 87.3 cm³/mol. The van der Waals surface area contributed by atoms with Gasteiger partial charge in [0.05, 0.1) is 0 Å². The third-order valence-corrected chi connectivity index (χ3v) is 4.17. The number of carbonyl (C=O) groups excluding carboxylic acids is 1. The third-order valence-electron chi connectivity index (χ3n) is 4.17. The molecule has 0 aromatic heterocycles. The normalized spacial score (nSPS) is 18.4. The number of nitrogens with zero attached hydrogens (tertiary/aromatic N) is 1. The second kappa shape index (κ2) is 8.83. The second-order valence-corrected chi connectivity index (χ2v) is 5.97. The lowest BCUT2D eigenvalue weighted by molar-refractivity contribution is -0.131. The zero-order valence-electron chi connectivity index (χ0n) is 13.2. The van der Waals surface area contributed by atoms with Crippen molar-refractivity contribution in [3.05, 3.63) is 35.9 Å². The molecule has 0 saturated carbocycles. The standard InChI is InChI=1S/C18H28N2O/c1-2-14-20(15-17-10-6-7-13-19-17)18(21)12-11-16-8-4-3-5-9-16/h3-5,8-9,17,19H,2,6-7,10-15H2,1H3. The fourth-order valence-electron chi connectivity index (χ4n) is 2.99.